The Morgan fingerprint density at radius 3 is 2.50 bits per heavy atom. The number of nitrogen functional groups attached to an aromatic ring is 1. The van der Waals surface area contributed by atoms with Gasteiger partial charge in [-0.2, -0.15) is 0 Å². The molecule has 0 saturated carbocycles. The van der Waals surface area contributed by atoms with E-state index in [9.17, 15) is 0 Å². The molecule has 1 aromatic rings. The summed E-state index contributed by atoms with van der Waals surface area (Å²) in [4.78, 5) is 0. The van der Waals surface area contributed by atoms with Crippen molar-refractivity contribution in [3.63, 3.8) is 0 Å². The van der Waals surface area contributed by atoms with E-state index in [2.05, 4.69) is 31.1 Å². The fourth-order valence-corrected chi connectivity index (χ4v) is 1.25. The van der Waals surface area contributed by atoms with Gasteiger partial charge in [-0.1, -0.05) is 25.6 Å². The van der Waals surface area contributed by atoms with Gasteiger partial charge in [-0.3, -0.25) is 4.68 Å². The molecule has 0 saturated heterocycles. The van der Waals surface area contributed by atoms with Gasteiger partial charge in [0, 0.05) is 6.20 Å². The number of nitrogens with zero attached hydrogens (tertiary/aromatic N) is 1. The Hall–Kier alpha value is -1.14. The van der Waals surface area contributed by atoms with Gasteiger partial charge in [0.25, 0.3) is 0 Å². The van der Waals surface area contributed by atoms with Gasteiger partial charge in [0.15, 0.2) is 0 Å². The minimum Gasteiger partial charge on any atom is -0.339 e. The van der Waals surface area contributed by atoms with Crippen molar-refractivity contribution >= 4 is 8.07 Å². The topological polar surface area (TPSA) is 30.9 Å². The summed E-state index contributed by atoms with van der Waals surface area (Å²) in [6.07, 6.45) is 1.80. The summed E-state index contributed by atoms with van der Waals surface area (Å²) < 4.78 is 1.55. The van der Waals surface area contributed by atoms with E-state index in [0.717, 1.165) is 5.69 Å². The van der Waals surface area contributed by atoms with E-state index < -0.39 is 8.07 Å². The van der Waals surface area contributed by atoms with Crippen LogP contribution >= 0.6 is 0 Å². The molecule has 0 aromatic carbocycles. The first-order valence-corrected chi connectivity index (χ1v) is 7.45. The zero-order valence-corrected chi connectivity index (χ0v) is 8.76. The standard InChI is InChI=1S/C9H14N2Si/c1-12(2,3)8-6-9-5-4-7-11(9)10/h4-5,7H,10H2,1-3H3. The third-order valence-electron chi connectivity index (χ3n) is 1.34. The zero-order valence-electron chi connectivity index (χ0n) is 7.76. The van der Waals surface area contributed by atoms with Crippen LogP contribution in [0.5, 0.6) is 0 Å². The van der Waals surface area contributed by atoms with Crippen LogP contribution in [0.25, 0.3) is 0 Å². The molecular weight excluding hydrogens is 164 g/mol. The van der Waals surface area contributed by atoms with Crippen LogP contribution in [0.2, 0.25) is 19.6 Å². The van der Waals surface area contributed by atoms with Gasteiger partial charge in [0.05, 0.1) is 0 Å². The maximum absolute atomic E-state index is 5.60. The van der Waals surface area contributed by atoms with Crippen LogP contribution in [0, 0.1) is 11.5 Å². The van der Waals surface area contributed by atoms with E-state index in [-0.39, 0.29) is 0 Å². The average Bonchev–Trinajstić information content (AvgIpc) is 2.29. The van der Waals surface area contributed by atoms with Crippen LogP contribution in [0.4, 0.5) is 0 Å². The first-order chi connectivity index (χ1) is 5.49. The van der Waals surface area contributed by atoms with E-state index >= 15 is 0 Å². The number of hydrogen-bond acceptors (Lipinski definition) is 1. The molecule has 0 aliphatic carbocycles. The van der Waals surface area contributed by atoms with Crippen LogP contribution in [-0.4, -0.2) is 12.7 Å². The number of rotatable bonds is 0. The minimum atomic E-state index is -1.27. The Balaban J connectivity index is 2.87. The van der Waals surface area contributed by atoms with Crippen molar-refractivity contribution in [2.24, 2.45) is 0 Å². The highest BCUT2D eigenvalue weighted by molar-refractivity contribution is 6.83. The lowest BCUT2D eigenvalue weighted by atomic mass is 10.5. The summed E-state index contributed by atoms with van der Waals surface area (Å²) in [5.74, 6) is 8.68. The molecule has 2 nitrogen and oxygen atoms in total. The molecule has 0 bridgehead atoms. The second-order valence-corrected chi connectivity index (χ2v) is 8.55. The maximum atomic E-state index is 5.60. The number of aromatic nitrogens is 1. The van der Waals surface area contributed by atoms with Crippen molar-refractivity contribution in [3.8, 4) is 11.5 Å². The van der Waals surface area contributed by atoms with Gasteiger partial charge in [-0.15, -0.1) is 5.54 Å². The smallest absolute Gasteiger partial charge is 0.129 e. The summed E-state index contributed by atoms with van der Waals surface area (Å²) >= 11 is 0. The zero-order chi connectivity index (χ0) is 9.19. The largest absolute Gasteiger partial charge is 0.339 e. The first kappa shape index (κ1) is 8.95. The summed E-state index contributed by atoms with van der Waals surface area (Å²) in [6.45, 7) is 6.64. The molecule has 0 spiro atoms. The van der Waals surface area contributed by atoms with E-state index in [4.69, 9.17) is 5.84 Å². The lowest BCUT2D eigenvalue weighted by molar-refractivity contribution is 1.000. The van der Waals surface area contributed by atoms with E-state index in [0.29, 0.717) is 0 Å². The second kappa shape index (κ2) is 3.08. The lowest BCUT2D eigenvalue weighted by Gasteiger charge is -2.03. The van der Waals surface area contributed by atoms with Crippen LogP contribution in [0.15, 0.2) is 18.3 Å². The highest BCUT2D eigenvalue weighted by atomic mass is 28.3. The van der Waals surface area contributed by atoms with E-state index in [1.165, 1.54) is 0 Å². The van der Waals surface area contributed by atoms with Gasteiger partial charge < -0.3 is 5.84 Å². The van der Waals surface area contributed by atoms with Gasteiger partial charge >= 0.3 is 0 Å². The van der Waals surface area contributed by atoms with Crippen LogP contribution < -0.4 is 5.84 Å². The van der Waals surface area contributed by atoms with E-state index in [1.54, 1.807) is 10.9 Å². The van der Waals surface area contributed by atoms with Gasteiger partial charge in [-0.05, 0) is 12.1 Å². The minimum absolute atomic E-state index is 0.887. The summed E-state index contributed by atoms with van der Waals surface area (Å²) in [5, 5.41) is 0. The maximum Gasteiger partial charge on any atom is 0.129 e. The fourth-order valence-electron chi connectivity index (χ4n) is 0.751. The summed E-state index contributed by atoms with van der Waals surface area (Å²) in [6, 6.07) is 3.82. The predicted molar refractivity (Wildman–Crippen MR) is 54.8 cm³/mol. The van der Waals surface area contributed by atoms with Crippen molar-refractivity contribution in [1.29, 1.82) is 0 Å². The molecule has 0 amide bonds. The van der Waals surface area contributed by atoms with Gasteiger partial charge in [-0.25, -0.2) is 0 Å². The Morgan fingerprint density at radius 2 is 2.08 bits per heavy atom. The normalized spacial score (nSPS) is 10.6. The summed E-state index contributed by atoms with van der Waals surface area (Å²) in [7, 11) is -1.27. The quantitative estimate of drug-likeness (QED) is 0.364. The molecule has 12 heavy (non-hydrogen) atoms. The molecule has 1 aromatic heterocycles. The van der Waals surface area contributed by atoms with Crippen molar-refractivity contribution < 1.29 is 0 Å². The Labute approximate surface area is 74.4 Å². The Bertz CT molecular complexity index is 322. The SMILES string of the molecule is C[Si](C)(C)C#Cc1cccn1N. The highest BCUT2D eigenvalue weighted by Gasteiger charge is 2.07. The molecule has 0 aliphatic heterocycles. The van der Waals surface area contributed by atoms with Crippen molar-refractivity contribution in [2.45, 2.75) is 19.6 Å². The molecule has 0 atom stereocenters. The van der Waals surface area contributed by atoms with Crippen LogP contribution in [0.3, 0.4) is 0 Å². The number of nitrogens with two attached hydrogens (primary N) is 1. The molecule has 64 valence electrons. The molecule has 0 fully saturated rings. The first-order valence-electron chi connectivity index (χ1n) is 3.95. The number of hydrogen-bond donors (Lipinski definition) is 1. The van der Waals surface area contributed by atoms with Crippen molar-refractivity contribution in [3.05, 3.63) is 24.0 Å². The van der Waals surface area contributed by atoms with Gasteiger partial charge in [0.2, 0.25) is 0 Å². The summed E-state index contributed by atoms with van der Waals surface area (Å²) in [5.41, 5.74) is 4.14. The fraction of sp³-hybridized carbons (Fsp3) is 0.333. The molecule has 1 rings (SSSR count). The van der Waals surface area contributed by atoms with E-state index in [1.807, 2.05) is 12.1 Å². The molecule has 0 aliphatic rings. The monoisotopic (exact) mass is 178 g/mol. The molecule has 0 unspecified atom stereocenters. The highest BCUT2D eigenvalue weighted by Crippen LogP contribution is 1.99. The van der Waals surface area contributed by atoms with Crippen molar-refractivity contribution in [2.75, 3.05) is 5.84 Å². The molecule has 1 heterocycles. The van der Waals surface area contributed by atoms with Crippen molar-refractivity contribution in [1.82, 2.24) is 4.68 Å². The predicted octanol–water partition coefficient (Wildman–Crippen LogP) is 1.43. The Kier molecular flexibility index (Phi) is 2.29. The molecule has 3 heteroatoms. The Morgan fingerprint density at radius 1 is 1.42 bits per heavy atom. The average molecular weight is 178 g/mol. The third-order valence-corrected chi connectivity index (χ3v) is 2.22. The van der Waals surface area contributed by atoms with Gasteiger partial charge in [0.1, 0.15) is 13.8 Å². The molecule has 0 radical (unpaired) electrons. The third kappa shape index (κ3) is 2.48. The lowest BCUT2D eigenvalue weighted by Crippen LogP contribution is -2.17. The molecule has 2 N–H and O–H groups in total. The molecular formula is C9H14N2Si. The second-order valence-electron chi connectivity index (χ2n) is 3.80. The van der Waals surface area contributed by atoms with Crippen LogP contribution in [0.1, 0.15) is 5.69 Å². The van der Waals surface area contributed by atoms with Crippen LogP contribution in [-0.2, 0) is 0 Å².